The van der Waals surface area contributed by atoms with Crippen LogP contribution in [0.1, 0.15) is 5.56 Å². The van der Waals surface area contributed by atoms with Gasteiger partial charge in [0.05, 0.1) is 16.9 Å². The lowest BCUT2D eigenvalue weighted by molar-refractivity contribution is -0.137. The van der Waals surface area contributed by atoms with E-state index >= 15 is 0 Å². The number of nitrogens with zero attached hydrogens (tertiary/aromatic N) is 1. The maximum atomic E-state index is 12.8. The Hall–Kier alpha value is -2.90. The Bertz CT molecular complexity index is 696. The molecule has 0 fully saturated rings. The van der Waals surface area contributed by atoms with E-state index in [9.17, 15) is 23.1 Å². The van der Waals surface area contributed by atoms with Gasteiger partial charge in [-0.25, -0.2) is 4.79 Å². The molecule has 0 bridgehead atoms. The third-order valence-electron chi connectivity index (χ3n) is 2.92. The molecule has 8 heteroatoms. The van der Waals surface area contributed by atoms with Crippen LogP contribution in [-0.4, -0.2) is 11.1 Å². The number of para-hydroxylation sites is 1. The summed E-state index contributed by atoms with van der Waals surface area (Å²) in [6, 6.07) is 6.98. The molecule has 0 spiro atoms. The van der Waals surface area contributed by atoms with Crippen LogP contribution in [0, 0.1) is 0 Å². The zero-order valence-electron chi connectivity index (χ0n) is 11.1. The monoisotopic (exact) mass is 311 g/mol. The van der Waals surface area contributed by atoms with Gasteiger partial charge in [-0.1, -0.05) is 12.1 Å². The normalized spacial score (nSPS) is 11.2. The lowest BCUT2D eigenvalue weighted by Gasteiger charge is -2.23. The molecule has 0 aliphatic heterocycles. The number of aromatic hydroxyl groups is 1. The van der Waals surface area contributed by atoms with Crippen molar-refractivity contribution in [2.45, 2.75) is 6.18 Å². The molecular weight excluding hydrogens is 299 g/mol. The zero-order valence-corrected chi connectivity index (χ0v) is 11.1. The zero-order chi connectivity index (χ0) is 16.5. The van der Waals surface area contributed by atoms with Crippen LogP contribution in [0.15, 0.2) is 42.5 Å². The maximum Gasteiger partial charge on any atom is 0.416 e. The van der Waals surface area contributed by atoms with Gasteiger partial charge in [0, 0.05) is 0 Å². The number of nitrogen functional groups attached to an aromatic ring is 1. The second kappa shape index (κ2) is 5.47. The van der Waals surface area contributed by atoms with Crippen molar-refractivity contribution < 1.29 is 23.1 Å². The van der Waals surface area contributed by atoms with Crippen molar-refractivity contribution in [3.63, 3.8) is 0 Å². The van der Waals surface area contributed by atoms with Gasteiger partial charge in [-0.3, -0.25) is 4.90 Å². The molecule has 0 aliphatic rings. The molecule has 2 aromatic rings. The van der Waals surface area contributed by atoms with E-state index < -0.39 is 17.8 Å². The average molecular weight is 311 g/mol. The van der Waals surface area contributed by atoms with Crippen LogP contribution in [0.4, 0.5) is 35.0 Å². The fraction of sp³-hybridized carbons (Fsp3) is 0.0714. The second-order valence-corrected chi connectivity index (χ2v) is 4.44. The number of halogens is 3. The number of phenols is 1. The van der Waals surface area contributed by atoms with Gasteiger partial charge in [-0.05, 0) is 30.3 Å². The first-order valence-electron chi connectivity index (χ1n) is 6.06. The summed E-state index contributed by atoms with van der Waals surface area (Å²) in [6.07, 6.45) is -4.58. The molecule has 5 nitrogen and oxygen atoms in total. The SMILES string of the molecule is NC(=O)N(c1cccc(C(F)(F)F)c1)c1c(N)cccc1O. The summed E-state index contributed by atoms with van der Waals surface area (Å²) in [7, 11) is 0. The molecule has 0 radical (unpaired) electrons. The highest BCUT2D eigenvalue weighted by Crippen LogP contribution is 2.39. The molecule has 0 heterocycles. The number of amides is 2. The van der Waals surface area contributed by atoms with Crippen LogP contribution in [0.25, 0.3) is 0 Å². The maximum absolute atomic E-state index is 12.8. The van der Waals surface area contributed by atoms with Crippen molar-refractivity contribution in [3.05, 3.63) is 48.0 Å². The van der Waals surface area contributed by atoms with Gasteiger partial charge in [0.25, 0.3) is 0 Å². The van der Waals surface area contributed by atoms with Gasteiger partial charge < -0.3 is 16.6 Å². The van der Waals surface area contributed by atoms with E-state index in [1.165, 1.54) is 24.3 Å². The summed E-state index contributed by atoms with van der Waals surface area (Å²) >= 11 is 0. The highest BCUT2D eigenvalue weighted by molar-refractivity contribution is 6.03. The Morgan fingerprint density at radius 3 is 2.32 bits per heavy atom. The molecule has 0 saturated carbocycles. The van der Waals surface area contributed by atoms with Crippen molar-refractivity contribution in [2.75, 3.05) is 10.6 Å². The molecule has 2 amide bonds. The fourth-order valence-electron chi connectivity index (χ4n) is 1.98. The molecule has 0 atom stereocenters. The highest BCUT2D eigenvalue weighted by Gasteiger charge is 2.31. The number of anilines is 3. The Balaban J connectivity index is 2.62. The quantitative estimate of drug-likeness (QED) is 0.743. The van der Waals surface area contributed by atoms with Crippen LogP contribution < -0.4 is 16.4 Å². The van der Waals surface area contributed by atoms with Crippen molar-refractivity contribution in [1.29, 1.82) is 0 Å². The Kier molecular flexibility index (Phi) is 3.85. The van der Waals surface area contributed by atoms with Crippen LogP contribution in [0.3, 0.4) is 0 Å². The van der Waals surface area contributed by atoms with Crippen LogP contribution in [-0.2, 0) is 6.18 Å². The summed E-state index contributed by atoms with van der Waals surface area (Å²) in [6.45, 7) is 0. The van der Waals surface area contributed by atoms with E-state index in [0.717, 1.165) is 23.1 Å². The summed E-state index contributed by atoms with van der Waals surface area (Å²) in [5.74, 6) is -0.379. The number of alkyl halides is 3. The standard InChI is InChI=1S/C14H12F3N3O2/c15-14(16,17)8-3-1-4-9(7-8)20(13(19)22)12-10(18)5-2-6-11(12)21/h1-7,21H,18H2,(H2,19,22). The average Bonchev–Trinajstić information content (AvgIpc) is 2.42. The first-order valence-corrected chi connectivity index (χ1v) is 6.06. The lowest BCUT2D eigenvalue weighted by atomic mass is 10.1. The van der Waals surface area contributed by atoms with Gasteiger partial charge in [0.1, 0.15) is 11.4 Å². The highest BCUT2D eigenvalue weighted by atomic mass is 19.4. The minimum Gasteiger partial charge on any atom is -0.506 e. The second-order valence-electron chi connectivity index (χ2n) is 4.44. The first kappa shape index (κ1) is 15.5. The fourth-order valence-corrected chi connectivity index (χ4v) is 1.98. The number of hydrogen-bond acceptors (Lipinski definition) is 3. The van der Waals surface area contributed by atoms with Crippen LogP contribution >= 0.6 is 0 Å². The van der Waals surface area contributed by atoms with Gasteiger partial charge in [-0.15, -0.1) is 0 Å². The van der Waals surface area contributed by atoms with Crippen LogP contribution in [0.5, 0.6) is 5.75 Å². The number of rotatable bonds is 2. The van der Waals surface area contributed by atoms with E-state index in [1.54, 1.807) is 0 Å². The third kappa shape index (κ3) is 2.90. The minimum absolute atomic E-state index is 0.00351. The number of phenolic OH excluding ortho intramolecular Hbond substituents is 1. The minimum atomic E-state index is -4.58. The molecule has 2 aromatic carbocycles. The van der Waals surface area contributed by atoms with E-state index in [4.69, 9.17) is 11.5 Å². The number of urea groups is 1. The Morgan fingerprint density at radius 2 is 1.77 bits per heavy atom. The number of hydrogen-bond donors (Lipinski definition) is 3. The molecule has 5 N–H and O–H groups in total. The van der Waals surface area contributed by atoms with Crippen LogP contribution in [0.2, 0.25) is 0 Å². The third-order valence-corrected chi connectivity index (χ3v) is 2.92. The summed E-state index contributed by atoms with van der Waals surface area (Å²) in [5.41, 5.74) is 9.64. The number of primary amides is 1. The molecule has 0 unspecified atom stereocenters. The van der Waals surface area contributed by atoms with Crippen molar-refractivity contribution in [1.82, 2.24) is 0 Å². The summed E-state index contributed by atoms with van der Waals surface area (Å²) < 4.78 is 38.4. The van der Waals surface area contributed by atoms with Gasteiger partial charge in [-0.2, -0.15) is 13.2 Å². The molecule has 2 rings (SSSR count). The Morgan fingerprint density at radius 1 is 1.14 bits per heavy atom. The predicted octanol–water partition coefficient (Wildman–Crippen LogP) is 3.21. The van der Waals surface area contributed by atoms with E-state index in [-0.39, 0.29) is 22.8 Å². The number of carbonyl (C=O) groups excluding carboxylic acids is 1. The van der Waals surface area contributed by atoms with Gasteiger partial charge in [0.15, 0.2) is 0 Å². The molecular formula is C14H12F3N3O2. The summed E-state index contributed by atoms with van der Waals surface area (Å²) in [5, 5.41) is 9.85. The molecule has 22 heavy (non-hydrogen) atoms. The lowest BCUT2D eigenvalue weighted by Crippen LogP contribution is -2.32. The van der Waals surface area contributed by atoms with Gasteiger partial charge >= 0.3 is 12.2 Å². The van der Waals surface area contributed by atoms with Crippen molar-refractivity contribution in [2.24, 2.45) is 5.73 Å². The number of carbonyl (C=O) groups is 1. The van der Waals surface area contributed by atoms with Gasteiger partial charge in [0.2, 0.25) is 0 Å². The number of benzene rings is 2. The first-order chi connectivity index (χ1) is 10.2. The smallest absolute Gasteiger partial charge is 0.416 e. The molecule has 0 saturated heterocycles. The summed E-state index contributed by atoms with van der Waals surface area (Å²) in [4.78, 5) is 12.4. The molecule has 116 valence electrons. The topological polar surface area (TPSA) is 92.6 Å². The largest absolute Gasteiger partial charge is 0.506 e. The Labute approximate surface area is 123 Å². The van der Waals surface area contributed by atoms with Crippen molar-refractivity contribution in [3.8, 4) is 5.75 Å². The van der Waals surface area contributed by atoms with E-state index in [1.807, 2.05) is 0 Å². The molecule has 0 aliphatic carbocycles. The van der Waals surface area contributed by atoms with Crippen molar-refractivity contribution >= 4 is 23.1 Å². The molecule has 0 aromatic heterocycles. The van der Waals surface area contributed by atoms with E-state index in [0.29, 0.717) is 0 Å². The van der Waals surface area contributed by atoms with E-state index in [2.05, 4.69) is 0 Å². The number of nitrogens with two attached hydrogens (primary N) is 2. The predicted molar refractivity (Wildman–Crippen MR) is 75.7 cm³/mol.